The van der Waals surface area contributed by atoms with Crippen molar-refractivity contribution < 1.29 is 63.1 Å². The summed E-state index contributed by atoms with van der Waals surface area (Å²) in [4.78, 5) is 35.9. The van der Waals surface area contributed by atoms with Gasteiger partial charge in [-0.3, -0.25) is 18.6 Å². The highest BCUT2D eigenvalue weighted by Crippen LogP contribution is 2.47. The standard InChI is InChI=1S/C51H99O13P/c1-3-5-7-9-11-13-15-17-19-21-22-24-25-27-29-31-33-35-37-39-44(52)61-41-43(42-62-65(59,60)64-51-49(57)47(55)46(54)48(56)50(51)58)63-45(53)40-38-36-34-32-30-28-26-23-20-18-16-14-12-10-8-6-4-2/h43,46-51,54-58H,3-42H2,1-2H3,(H,59,60)/t43-,46?,47-,48?,49?,50?,51?/m1/s1. The number of ether oxygens (including phenoxy) is 2. The fourth-order valence-electron chi connectivity index (χ4n) is 8.64. The monoisotopic (exact) mass is 951 g/mol. The van der Waals surface area contributed by atoms with E-state index in [1.807, 2.05) is 0 Å². The Bertz CT molecular complexity index is 1150. The SMILES string of the molecule is CCCCCCCCCCCCCCCCCCCCCC(=O)OC[C@H](COP(=O)(O)OC1C(O)C(O)C(O)[C@@H](O)C1O)OC(=O)CCCCCCCCCCCCCCCCCCC. The molecule has 1 fully saturated rings. The number of phosphoric acid groups is 1. The van der Waals surface area contributed by atoms with Gasteiger partial charge in [0.1, 0.15) is 43.2 Å². The summed E-state index contributed by atoms with van der Waals surface area (Å²) in [5.74, 6) is -1.08. The zero-order valence-electron chi connectivity index (χ0n) is 41.3. The van der Waals surface area contributed by atoms with Crippen LogP contribution in [-0.4, -0.2) is 98.3 Å². The second-order valence-electron chi connectivity index (χ2n) is 19.1. The quantitative estimate of drug-likeness (QED) is 0.0191. The number of hydrogen-bond acceptors (Lipinski definition) is 12. The van der Waals surface area contributed by atoms with Crippen LogP contribution in [-0.2, 0) is 32.7 Å². The number of phosphoric ester groups is 1. The second-order valence-corrected chi connectivity index (χ2v) is 20.5. The van der Waals surface area contributed by atoms with Crippen molar-refractivity contribution in [2.24, 2.45) is 0 Å². The molecule has 386 valence electrons. The van der Waals surface area contributed by atoms with E-state index >= 15 is 0 Å². The topological polar surface area (TPSA) is 210 Å². The Kier molecular flexibility index (Phi) is 39.8. The Morgan fingerprint density at radius 1 is 0.415 bits per heavy atom. The molecule has 0 aromatic carbocycles. The summed E-state index contributed by atoms with van der Waals surface area (Å²) in [6.45, 7) is 3.36. The maximum atomic E-state index is 12.9. The fraction of sp³-hybridized carbons (Fsp3) is 0.961. The highest BCUT2D eigenvalue weighted by atomic mass is 31.2. The van der Waals surface area contributed by atoms with Crippen LogP contribution < -0.4 is 0 Å². The summed E-state index contributed by atoms with van der Waals surface area (Å²) in [5, 5.41) is 50.3. The molecule has 1 aliphatic rings. The molecule has 0 heterocycles. The first-order chi connectivity index (χ1) is 31.4. The maximum Gasteiger partial charge on any atom is 0.472 e. The van der Waals surface area contributed by atoms with E-state index in [9.17, 15) is 44.6 Å². The molecule has 0 saturated heterocycles. The highest BCUT2D eigenvalue weighted by molar-refractivity contribution is 7.47. The number of unbranched alkanes of at least 4 members (excludes halogenated alkanes) is 34. The van der Waals surface area contributed by atoms with Gasteiger partial charge in [0.2, 0.25) is 0 Å². The van der Waals surface area contributed by atoms with Crippen LogP contribution in [0.1, 0.15) is 258 Å². The largest absolute Gasteiger partial charge is 0.472 e. The lowest BCUT2D eigenvalue weighted by Gasteiger charge is -2.41. The minimum atomic E-state index is -5.11. The van der Waals surface area contributed by atoms with Gasteiger partial charge in [-0.05, 0) is 12.8 Å². The summed E-state index contributed by atoms with van der Waals surface area (Å²) in [6, 6.07) is 0. The van der Waals surface area contributed by atoms with Crippen molar-refractivity contribution in [2.75, 3.05) is 13.2 Å². The molecule has 0 amide bonds. The number of hydrogen-bond donors (Lipinski definition) is 6. The Morgan fingerprint density at radius 3 is 1.02 bits per heavy atom. The minimum absolute atomic E-state index is 0.105. The molecule has 13 nitrogen and oxygen atoms in total. The van der Waals surface area contributed by atoms with Crippen molar-refractivity contribution in [3.05, 3.63) is 0 Å². The van der Waals surface area contributed by atoms with Gasteiger partial charge in [0.25, 0.3) is 0 Å². The molecule has 14 heteroatoms. The van der Waals surface area contributed by atoms with Crippen molar-refractivity contribution in [3.63, 3.8) is 0 Å². The van der Waals surface area contributed by atoms with E-state index in [4.69, 9.17) is 18.5 Å². The van der Waals surface area contributed by atoms with E-state index < -0.39 is 75.7 Å². The Labute approximate surface area is 395 Å². The lowest BCUT2D eigenvalue weighted by atomic mass is 9.85. The van der Waals surface area contributed by atoms with E-state index in [1.54, 1.807) is 0 Å². The number of rotatable bonds is 46. The first-order valence-corrected chi connectivity index (χ1v) is 28.3. The number of carbonyl (C=O) groups excluding carboxylic acids is 2. The van der Waals surface area contributed by atoms with Crippen LogP contribution in [0.5, 0.6) is 0 Å². The third-order valence-electron chi connectivity index (χ3n) is 12.9. The van der Waals surface area contributed by atoms with Crippen LogP contribution in [0.2, 0.25) is 0 Å². The number of carbonyl (C=O) groups is 2. The van der Waals surface area contributed by atoms with Gasteiger partial charge in [0, 0.05) is 12.8 Å². The van der Waals surface area contributed by atoms with E-state index in [0.29, 0.717) is 12.8 Å². The lowest BCUT2D eigenvalue weighted by Crippen LogP contribution is -2.64. The zero-order valence-corrected chi connectivity index (χ0v) is 42.2. The molecule has 0 aromatic heterocycles. The number of aliphatic hydroxyl groups excluding tert-OH is 5. The van der Waals surface area contributed by atoms with Gasteiger partial charge in [0.05, 0.1) is 6.61 Å². The zero-order chi connectivity index (χ0) is 47.8. The molecule has 0 radical (unpaired) electrons. The summed E-state index contributed by atoms with van der Waals surface area (Å²) in [6.07, 6.45) is 31.5. The van der Waals surface area contributed by atoms with E-state index in [2.05, 4.69) is 13.8 Å². The van der Waals surface area contributed by atoms with Crippen LogP contribution in [0.4, 0.5) is 0 Å². The molecule has 1 aliphatic carbocycles. The molecule has 6 unspecified atom stereocenters. The molecule has 1 saturated carbocycles. The molecule has 65 heavy (non-hydrogen) atoms. The van der Waals surface area contributed by atoms with Gasteiger partial charge in [0.15, 0.2) is 6.10 Å². The Balaban J connectivity index is 2.36. The van der Waals surface area contributed by atoms with Crippen molar-refractivity contribution in [1.82, 2.24) is 0 Å². The Morgan fingerprint density at radius 2 is 0.692 bits per heavy atom. The Hall–Kier alpha value is -1.15. The van der Waals surface area contributed by atoms with E-state index in [-0.39, 0.29) is 12.8 Å². The molecular weight excluding hydrogens is 852 g/mol. The second kappa shape index (κ2) is 41.8. The number of aliphatic hydroxyl groups is 5. The van der Waals surface area contributed by atoms with Crippen LogP contribution in [0.3, 0.4) is 0 Å². The third kappa shape index (κ3) is 33.9. The van der Waals surface area contributed by atoms with Crippen LogP contribution in [0.25, 0.3) is 0 Å². The van der Waals surface area contributed by atoms with Crippen molar-refractivity contribution in [1.29, 1.82) is 0 Å². The molecule has 0 bridgehead atoms. The average Bonchev–Trinajstić information content (AvgIpc) is 3.29. The van der Waals surface area contributed by atoms with Crippen LogP contribution in [0, 0.1) is 0 Å². The van der Waals surface area contributed by atoms with Gasteiger partial charge >= 0.3 is 19.8 Å². The number of esters is 2. The van der Waals surface area contributed by atoms with Crippen molar-refractivity contribution >= 4 is 19.8 Å². The van der Waals surface area contributed by atoms with Gasteiger partial charge < -0.3 is 39.9 Å². The lowest BCUT2D eigenvalue weighted by molar-refractivity contribution is -0.220. The fourth-order valence-corrected chi connectivity index (χ4v) is 9.62. The summed E-state index contributed by atoms with van der Waals surface area (Å²) < 4.78 is 33.7. The summed E-state index contributed by atoms with van der Waals surface area (Å²) in [5.41, 5.74) is 0. The molecule has 6 N–H and O–H groups in total. The van der Waals surface area contributed by atoms with Crippen molar-refractivity contribution in [2.45, 2.75) is 301 Å². The highest BCUT2D eigenvalue weighted by Gasteiger charge is 2.51. The minimum Gasteiger partial charge on any atom is -0.462 e. The molecule has 0 aliphatic heterocycles. The van der Waals surface area contributed by atoms with Gasteiger partial charge in [-0.15, -0.1) is 0 Å². The van der Waals surface area contributed by atoms with Gasteiger partial charge in [-0.1, -0.05) is 232 Å². The summed E-state index contributed by atoms with van der Waals surface area (Å²) >= 11 is 0. The first kappa shape index (κ1) is 61.9. The van der Waals surface area contributed by atoms with E-state index in [0.717, 1.165) is 38.5 Å². The van der Waals surface area contributed by atoms with Gasteiger partial charge in [-0.2, -0.15) is 0 Å². The van der Waals surface area contributed by atoms with Gasteiger partial charge in [-0.25, -0.2) is 4.57 Å². The maximum absolute atomic E-state index is 12.9. The predicted molar refractivity (Wildman–Crippen MR) is 258 cm³/mol. The summed E-state index contributed by atoms with van der Waals surface area (Å²) in [7, 11) is -5.11. The molecule has 0 spiro atoms. The average molecular weight is 951 g/mol. The smallest absolute Gasteiger partial charge is 0.462 e. The van der Waals surface area contributed by atoms with Crippen LogP contribution in [0.15, 0.2) is 0 Å². The first-order valence-electron chi connectivity index (χ1n) is 26.8. The molecule has 0 aromatic rings. The normalized spacial score (nSPS) is 21.3. The predicted octanol–water partition coefficient (Wildman–Crippen LogP) is 11.6. The molecular formula is C51H99O13P. The molecule has 8 atom stereocenters. The van der Waals surface area contributed by atoms with Crippen molar-refractivity contribution in [3.8, 4) is 0 Å². The van der Waals surface area contributed by atoms with Crippen LogP contribution >= 0.6 is 7.82 Å². The third-order valence-corrected chi connectivity index (χ3v) is 13.9. The molecule has 1 rings (SSSR count). The van der Waals surface area contributed by atoms with E-state index in [1.165, 1.54) is 180 Å².